The maximum absolute atomic E-state index is 5.79. The van der Waals surface area contributed by atoms with Crippen molar-refractivity contribution in [2.24, 2.45) is 0 Å². The van der Waals surface area contributed by atoms with Gasteiger partial charge in [0.05, 0.1) is 32.8 Å². The second-order valence-corrected chi connectivity index (χ2v) is 7.36. The Morgan fingerprint density at radius 2 is 1.70 bits per heavy atom. The highest BCUT2D eigenvalue weighted by Gasteiger charge is 2.32. The summed E-state index contributed by atoms with van der Waals surface area (Å²) in [5.41, 5.74) is 1.37. The maximum Gasteiger partial charge on any atom is 0.128 e. The van der Waals surface area contributed by atoms with Crippen molar-refractivity contribution in [3.63, 3.8) is 0 Å². The lowest BCUT2D eigenvalue weighted by molar-refractivity contribution is -1.02. The molecular weight excluding hydrogens is 286 g/mol. The molecule has 2 heterocycles. The Morgan fingerprint density at radius 1 is 1.00 bits per heavy atom. The van der Waals surface area contributed by atoms with E-state index in [4.69, 9.17) is 4.74 Å². The van der Waals surface area contributed by atoms with Crippen LogP contribution in [0.15, 0.2) is 24.3 Å². The zero-order chi connectivity index (χ0) is 16.1. The first kappa shape index (κ1) is 16.7. The molecule has 4 nitrogen and oxygen atoms in total. The smallest absolute Gasteiger partial charge is 0.128 e. The minimum atomic E-state index is 0.753. The molecular formula is C19H34N3O+3. The van der Waals surface area contributed by atoms with E-state index in [9.17, 15) is 0 Å². The third kappa shape index (κ3) is 4.46. The van der Waals surface area contributed by atoms with Crippen molar-refractivity contribution in [2.75, 3.05) is 52.9 Å². The van der Waals surface area contributed by atoms with Gasteiger partial charge in [0.1, 0.15) is 38.5 Å². The molecule has 2 aliphatic heterocycles. The number of rotatable bonds is 5. The molecule has 0 bridgehead atoms. The van der Waals surface area contributed by atoms with E-state index < -0.39 is 0 Å². The molecule has 1 aromatic rings. The van der Waals surface area contributed by atoms with Crippen LogP contribution in [0, 0.1) is 0 Å². The Morgan fingerprint density at radius 3 is 2.39 bits per heavy atom. The first-order chi connectivity index (χ1) is 11.3. The predicted octanol–water partition coefficient (Wildman–Crippen LogP) is -1.95. The fourth-order valence-corrected chi connectivity index (χ4v) is 4.23. The summed E-state index contributed by atoms with van der Waals surface area (Å²) in [6.07, 6.45) is 2.78. The number of hydrogen-bond acceptors (Lipinski definition) is 1. The monoisotopic (exact) mass is 320 g/mol. The molecule has 0 radical (unpaired) electrons. The number of nitrogens with one attached hydrogen (secondary N) is 3. The molecule has 0 aromatic heterocycles. The van der Waals surface area contributed by atoms with Crippen LogP contribution in [0.3, 0.4) is 0 Å². The normalized spacial score (nSPS) is 31.7. The third-order valence-electron chi connectivity index (χ3n) is 5.73. The Labute approximate surface area is 141 Å². The van der Waals surface area contributed by atoms with Crippen molar-refractivity contribution in [1.82, 2.24) is 0 Å². The van der Waals surface area contributed by atoms with Gasteiger partial charge < -0.3 is 19.4 Å². The largest absolute Gasteiger partial charge is 0.493 e. The number of likely N-dealkylation sites (tertiary alicyclic amines) is 1. The maximum atomic E-state index is 5.79. The van der Waals surface area contributed by atoms with Gasteiger partial charge in [-0.15, -0.1) is 0 Å². The number of benzene rings is 1. The topological polar surface area (TPSA) is 22.6 Å². The van der Waals surface area contributed by atoms with Gasteiger partial charge in [-0.1, -0.05) is 12.1 Å². The van der Waals surface area contributed by atoms with Crippen molar-refractivity contribution in [3.8, 4) is 5.75 Å². The van der Waals surface area contributed by atoms with Crippen LogP contribution in [-0.4, -0.2) is 59.0 Å². The van der Waals surface area contributed by atoms with Gasteiger partial charge in [0.2, 0.25) is 0 Å². The summed E-state index contributed by atoms with van der Waals surface area (Å²) in [4.78, 5) is 5.32. The van der Waals surface area contributed by atoms with Crippen LogP contribution in [0.2, 0.25) is 0 Å². The molecule has 0 aliphatic carbocycles. The molecule has 0 amide bonds. The molecule has 0 saturated carbocycles. The van der Waals surface area contributed by atoms with Gasteiger partial charge in [-0.2, -0.15) is 0 Å². The summed E-state index contributed by atoms with van der Waals surface area (Å²) < 4.78 is 5.79. The molecule has 3 rings (SSSR count). The second-order valence-electron chi connectivity index (χ2n) is 7.36. The van der Waals surface area contributed by atoms with Gasteiger partial charge in [-0.05, 0) is 19.1 Å². The van der Waals surface area contributed by atoms with Crippen molar-refractivity contribution < 1.29 is 19.4 Å². The summed E-state index contributed by atoms with van der Waals surface area (Å²) >= 11 is 0. The SMILES string of the molecule is CCOc1ccccc1C[NH+]1CCC([NH+]2CC[NH+](C)CC2)CC1. The highest BCUT2D eigenvalue weighted by molar-refractivity contribution is 5.32. The molecule has 2 aliphatic rings. The Kier molecular flexibility index (Phi) is 5.92. The summed E-state index contributed by atoms with van der Waals surface area (Å²) in [7, 11) is 2.33. The number of para-hydroxylation sites is 1. The zero-order valence-corrected chi connectivity index (χ0v) is 14.9. The van der Waals surface area contributed by atoms with Gasteiger partial charge in [0.15, 0.2) is 0 Å². The highest BCUT2D eigenvalue weighted by Crippen LogP contribution is 2.16. The highest BCUT2D eigenvalue weighted by atomic mass is 16.5. The number of likely N-dealkylation sites (N-methyl/N-ethyl adjacent to an activating group) is 1. The molecule has 3 N–H and O–H groups in total. The average molecular weight is 321 g/mol. The van der Waals surface area contributed by atoms with E-state index in [1.165, 1.54) is 57.7 Å². The van der Waals surface area contributed by atoms with E-state index in [2.05, 4.69) is 38.2 Å². The minimum Gasteiger partial charge on any atom is -0.493 e. The fraction of sp³-hybridized carbons (Fsp3) is 0.684. The minimum absolute atomic E-state index is 0.753. The Balaban J connectivity index is 1.49. The lowest BCUT2D eigenvalue weighted by atomic mass is 10.0. The standard InChI is InChI=1S/C19H31N3O/c1-3-23-19-7-5-4-6-17(19)16-21-10-8-18(9-11-21)22-14-12-20(2)13-15-22/h4-7,18H,3,8-16H2,1-2H3/p+3. The fourth-order valence-electron chi connectivity index (χ4n) is 4.23. The molecule has 128 valence electrons. The molecule has 0 unspecified atom stereocenters. The number of piperazine rings is 1. The van der Waals surface area contributed by atoms with Gasteiger partial charge >= 0.3 is 0 Å². The third-order valence-corrected chi connectivity index (χ3v) is 5.73. The molecule has 0 atom stereocenters. The summed E-state index contributed by atoms with van der Waals surface area (Å²) in [6, 6.07) is 9.48. The van der Waals surface area contributed by atoms with E-state index >= 15 is 0 Å². The lowest BCUT2D eigenvalue weighted by Crippen LogP contribution is -3.29. The van der Waals surface area contributed by atoms with Gasteiger partial charge in [0.25, 0.3) is 0 Å². The molecule has 1 aromatic carbocycles. The van der Waals surface area contributed by atoms with E-state index in [0.29, 0.717) is 0 Å². The van der Waals surface area contributed by atoms with Gasteiger partial charge in [-0.25, -0.2) is 0 Å². The van der Waals surface area contributed by atoms with Crippen LogP contribution < -0.4 is 19.4 Å². The van der Waals surface area contributed by atoms with Crippen LogP contribution in [-0.2, 0) is 6.54 Å². The molecule has 0 spiro atoms. The zero-order valence-electron chi connectivity index (χ0n) is 14.9. The predicted molar refractivity (Wildman–Crippen MR) is 92.4 cm³/mol. The number of quaternary nitrogens is 3. The van der Waals surface area contributed by atoms with E-state index in [0.717, 1.165) is 24.9 Å². The number of ether oxygens (including phenoxy) is 1. The Hall–Kier alpha value is -1.10. The molecule has 2 fully saturated rings. The van der Waals surface area contributed by atoms with Crippen molar-refractivity contribution in [1.29, 1.82) is 0 Å². The van der Waals surface area contributed by atoms with Crippen LogP contribution in [0.5, 0.6) is 5.75 Å². The summed E-state index contributed by atoms with van der Waals surface area (Å²) in [5, 5.41) is 0. The van der Waals surface area contributed by atoms with E-state index in [1.807, 2.05) is 4.90 Å². The van der Waals surface area contributed by atoms with Crippen LogP contribution in [0.4, 0.5) is 0 Å². The first-order valence-electron chi connectivity index (χ1n) is 9.46. The van der Waals surface area contributed by atoms with Gasteiger partial charge in [-0.3, -0.25) is 0 Å². The van der Waals surface area contributed by atoms with Crippen molar-refractivity contribution >= 4 is 0 Å². The summed E-state index contributed by atoms with van der Waals surface area (Å²) in [5.74, 6) is 1.08. The number of hydrogen-bond donors (Lipinski definition) is 3. The number of piperidine rings is 1. The van der Waals surface area contributed by atoms with Crippen LogP contribution >= 0.6 is 0 Å². The first-order valence-corrected chi connectivity index (χ1v) is 9.46. The lowest BCUT2D eigenvalue weighted by Gasteiger charge is -2.37. The Bertz CT molecular complexity index is 477. The average Bonchev–Trinajstić information content (AvgIpc) is 2.58. The second kappa shape index (κ2) is 8.13. The summed E-state index contributed by atoms with van der Waals surface area (Å²) in [6.45, 7) is 12.0. The quantitative estimate of drug-likeness (QED) is 0.577. The van der Waals surface area contributed by atoms with Crippen LogP contribution in [0.25, 0.3) is 0 Å². The van der Waals surface area contributed by atoms with Gasteiger partial charge in [0, 0.05) is 18.4 Å². The van der Waals surface area contributed by atoms with Crippen molar-refractivity contribution in [2.45, 2.75) is 32.4 Å². The molecule has 23 heavy (non-hydrogen) atoms. The van der Waals surface area contributed by atoms with E-state index in [-0.39, 0.29) is 0 Å². The molecule has 2 saturated heterocycles. The van der Waals surface area contributed by atoms with Crippen LogP contribution in [0.1, 0.15) is 25.3 Å². The van der Waals surface area contributed by atoms with Crippen molar-refractivity contribution in [3.05, 3.63) is 29.8 Å². The molecule has 4 heteroatoms. The van der Waals surface area contributed by atoms with E-state index in [1.54, 1.807) is 9.80 Å².